The minimum absolute atomic E-state index is 0.708. The molecule has 0 fully saturated rings. The molecule has 2 aliphatic rings. The van der Waals surface area contributed by atoms with Crippen molar-refractivity contribution in [2.24, 2.45) is 5.92 Å². The standard InChI is InChI=1S/C12H14/c1-9-3-5-12-8-10(2)4-6-11(12)7-9/h3-6,10H,1,7-8H2,2H3. The van der Waals surface area contributed by atoms with E-state index in [-0.39, 0.29) is 0 Å². The number of rotatable bonds is 0. The van der Waals surface area contributed by atoms with Crippen molar-refractivity contribution in [3.05, 3.63) is 47.6 Å². The molecule has 0 nitrogen and oxygen atoms in total. The quantitative estimate of drug-likeness (QED) is 0.507. The molecule has 62 valence electrons. The first-order valence-electron chi connectivity index (χ1n) is 4.52. The van der Waals surface area contributed by atoms with E-state index in [9.17, 15) is 0 Å². The van der Waals surface area contributed by atoms with Crippen LogP contribution in [0.3, 0.4) is 0 Å². The third kappa shape index (κ3) is 1.29. The summed E-state index contributed by atoms with van der Waals surface area (Å²) in [5.74, 6) is 0.708. The van der Waals surface area contributed by atoms with Gasteiger partial charge in [0.2, 0.25) is 0 Å². The fraction of sp³-hybridized carbons (Fsp3) is 0.333. The molecule has 0 N–H and O–H groups in total. The van der Waals surface area contributed by atoms with E-state index in [2.05, 4.69) is 37.8 Å². The zero-order valence-corrected chi connectivity index (χ0v) is 7.51. The molecule has 0 amide bonds. The zero-order valence-electron chi connectivity index (χ0n) is 7.51. The second kappa shape index (κ2) is 2.78. The Kier molecular flexibility index (Phi) is 1.76. The molecule has 0 saturated heterocycles. The highest BCUT2D eigenvalue weighted by Crippen LogP contribution is 2.31. The third-order valence-electron chi connectivity index (χ3n) is 2.52. The van der Waals surface area contributed by atoms with Crippen molar-refractivity contribution in [3.63, 3.8) is 0 Å². The second-order valence-corrected chi connectivity index (χ2v) is 3.76. The van der Waals surface area contributed by atoms with Crippen molar-refractivity contribution < 1.29 is 0 Å². The summed E-state index contributed by atoms with van der Waals surface area (Å²) in [7, 11) is 0. The first kappa shape index (κ1) is 7.60. The van der Waals surface area contributed by atoms with Gasteiger partial charge in [0.25, 0.3) is 0 Å². The summed E-state index contributed by atoms with van der Waals surface area (Å²) < 4.78 is 0. The monoisotopic (exact) mass is 158 g/mol. The average Bonchev–Trinajstić information content (AvgIpc) is 2.05. The van der Waals surface area contributed by atoms with E-state index in [1.54, 1.807) is 0 Å². The van der Waals surface area contributed by atoms with Crippen molar-refractivity contribution in [2.45, 2.75) is 19.8 Å². The van der Waals surface area contributed by atoms with Crippen LogP contribution in [0.2, 0.25) is 0 Å². The lowest BCUT2D eigenvalue weighted by atomic mass is 9.85. The number of hydrogen-bond acceptors (Lipinski definition) is 0. The maximum atomic E-state index is 3.97. The molecule has 0 spiro atoms. The molecule has 0 aromatic carbocycles. The van der Waals surface area contributed by atoms with E-state index in [1.807, 2.05) is 0 Å². The average molecular weight is 158 g/mol. The molecular formula is C12H14. The van der Waals surface area contributed by atoms with Crippen LogP contribution in [0, 0.1) is 5.92 Å². The van der Waals surface area contributed by atoms with E-state index < -0.39 is 0 Å². The van der Waals surface area contributed by atoms with Gasteiger partial charge in [0, 0.05) is 0 Å². The molecule has 0 heterocycles. The van der Waals surface area contributed by atoms with Crippen LogP contribution < -0.4 is 0 Å². The predicted octanol–water partition coefficient (Wildman–Crippen LogP) is 3.40. The van der Waals surface area contributed by atoms with Crippen LogP contribution >= 0.6 is 0 Å². The fourth-order valence-corrected chi connectivity index (χ4v) is 1.80. The van der Waals surface area contributed by atoms with Gasteiger partial charge >= 0.3 is 0 Å². The summed E-state index contributed by atoms with van der Waals surface area (Å²) in [4.78, 5) is 0. The molecule has 0 heteroatoms. The van der Waals surface area contributed by atoms with Crippen LogP contribution in [0.4, 0.5) is 0 Å². The lowest BCUT2D eigenvalue weighted by molar-refractivity contribution is 0.705. The lowest BCUT2D eigenvalue weighted by Gasteiger charge is -2.21. The summed E-state index contributed by atoms with van der Waals surface area (Å²) in [5, 5.41) is 0. The Morgan fingerprint density at radius 2 is 2.08 bits per heavy atom. The minimum Gasteiger partial charge on any atom is -0.0955 e. The Balaban J connectivity index is 2.30. The van der Waals surface area contributed by atoms with E-state index in [4.69, 9.17) is 0 Å². The maximum Gasteiger partial charge on any atom is -0.00290 e. The van der Waals surface area contributed by atoms with Gasteiger partial charge in [-0.25, -0.2) is 0 Å². The first-order chi connectivity index (χ1) is 5.75. The minimum atomic E-state index is 0.708. The Hall–Kier alpha value is -1.04. The predicted molar refractivity (Wildman–Crippen MR) is 52.8 cm³/mol. The molecule has 1 unspecified atom stereocenters. The Morgan fingerprint density at radius 3 is 2.92 bits per heavy atom. The molecule has 0 aromatic heterocycles. The largest absolute Gasteiger partial charge is 0.0955 e. The molecule has 0 aromatic rings. The van der Waals surface area contributed by atoms with Crippen LogP contribution in [0.15, 0.2) is 47.6 Å². The Labute approximate surface area is 74.0 Å². The number of hydrogen-bond donors (Lipinski definition) is 0. The fourth-order valence-electron chi connectivity index (χ4n) is 1.80. The van der Waals surface area contributed by atoms with Gasteiger partial charge in [-0.05, 0) is 29.9 Å². The second-order valence-electron chi connectivity index (χ2n) is 3.76. The molecule has 0 radical (unpaired) electrons. The first-order valence-corrected chi connectivity index (χ1v) is 4.52. The topological polar surface area (TPSA) is 0 Å². The molecule has 2 rings (SSSR count). The van der Waals surface area contributed by atoms with Crippen LogP contribution in [-0.2, 0) is 0 Å². The molecule has 2 aliphatic carbocycles. The van der Waals surface area contributed by atoms with Crippen molar-refractivity contribution in [1.82, 2.24) is 0 Å². The molecule has 12 heavy (non-hydrogen) atoms. The van der Waals surface area contributed by atoms with E-state index in [0.29, 0.717) is 5.92 Å². The molecule has 0 saturated carbocycles. The smallest absolute Gasteiger partial charge is 0.00290 e. The maximum absolute atomic E-state index is 3.97. The van der Waals surface area contributed by atoms with Gasteiger partial charge in [0.05, 0.1) is 0 Å². The number of allylic oxidation sites excluding steroid dienone is 7. The van der Waals surface area contributed by atoms with Crippen molar-refractivity contribution in [3.8, 4) is 0 Å². The van der Waals surface area contributed by atoms with Gasteiger partial charge in [0.1, 0.15) is 0 Å². The van der Waals surface area contributed by atoms with Gasteiger partial charge in [-0.2, -0.15) is 0 Å². The third-order valence-corrected chi connectivity index (χ3v) is 2.52. The highest BCUT2D eigenvalue weighted by Gasteiger charge is 2.13. The van der Waals surface area contributed by atoms with Crippen molar-refractivity contribution in [1.29, 1.82) is 0 Å². The van der Waals surface area contributed by atoms with Gasteiger partial charge in [-0.3, -0.25) is 0 Å². The van der Waals surface area contributed by atoms with E-state index in [1.165, 1.54) is 23.1 Å². The Bertz CT molecular complexity index is 300. The van der Waals surface area contributed by atoms with E-state index in [0.717, 1.165) is 6.42 Å². The summed E-state index contributed by atoms with van der Waals surface area (Å²) in [6.45, 7) is 6.23. The van der Waals surface area contributed by atoms with Crippen LogP contribution in [-0.4, -0.2) is 0 Å². The van der Waals surface area contributed by atoms with Crippen molar-refractivity contribution in [2.75, 3.05) is 0 Å². The van der Waals surface area contributed by atoms with Crippen LogP contribution in [0.1, 0.15) is 19.8 Å². The summed E-state index contributed by atoms with van der Waals surface area (Å²) in [5.41, 5.74) is 4.21. The normalized spacial score (nSPS) is 27.8. The highest BCUT2D eigenvalue weighted by molar-refractivity contribution is 5.46. The molecule has 0 aliphatic heterocycles. The van der Waals surface area contributed by atoms with Crippen LogP contribution in [0.5, 0.6) is 0 Å². The van der Waals surface area contributed by atoms with Crippen LogP contribution in [0.25, 0.3) is 0 Å². The Morgan fingerprint density at radius 1 is 1.25 bits per heavy atom. The van der Waals surface area contributed by atoms with Gasteiger partial charge in [0.15, 0.2) is 0 Å². The lowest BCUT2D eigenvalue weighted by Crippen LogP contribution is -2.03. The zero-order chi connectivity index (χ0) is 8.55. The highest BCUT2D eigenvalue weighted by atomic mass is 14.2. The van der Waals surface area contributed by atoms with Gasteiger partial charge in [-0.1, -0.05) is 43.4 Å². The molecule has 0 bridgehead atoms. The van der Waals surface area contributed by atoms with Crippen molar-refractivity contribution >= 4 is 0 Å². The molecule has 1 atom stereocenters. The SMILES string of the molecule is C=C1C=CC2=C(C=CC(C)C2)C1. The molecular weight excluding hydrogens is 144 g/mol. The summed E-state index contributed by atoms with van der Waals surface area (Å²) in [6.07, 6.45) is 11.2. The summed E-state index contributed by atoms with van der Waals surface area (Å²) >= 11 is 0. The van der Waals surface area contributed by atoms with Gasteiger partial charge in [-0.15, -0.1) is 0 Å². The summed E-state index contributed by atoms with van der Waals surface area (Å²) in [6, 6.07) is 0. The van der Waals surface area contributed by atoms with E-state index >= 15 is 0 Å². The van der Waals surface area contributed by atoms with Gasteiger partial charge < -0.3 is 0 Å².